The Kier molecular flexibility index (Phi) is 4.51. The second-order valence-corrected chi connectivity index (χ2v) is 6.65. The summed E-state index contributed by atoms with van der Waals surface area (Å²) < 4.78 is 0. The van der Waals surface area contributed by atoms with Gasteiger partial charge in [-0.15, -0.1) is 0 Å². The van der Waals surface area contributed by atoms with Crippen LogP contribution in [0.25, 0.3) is 0 Å². The van der Waals surface area contributed by atoms with Gasteiger partial charge in [-0.1, -0.05) is 52.3 Å². The second kappa shape index (κ2) is 5.96. The Hall–Kier alpha value is -1.02. The largest absolute Gasteiger partial charge is 0.368 e. The third-order valence-corrected chi connectivity index (χ3v) is 3.95. The van der Waals surface area contributed by atoms with Gasteiger partial charge >= 0.3 is 0 Å². The summed E-state index contributed by atoms with van der Waals surface area (Å²) in [4.78, 5) is 2.57. The Morgan fingerprint density at radius 1 is 1.26 bits per heavy atom. The van der Waals surface area contributed by atoms with Crippen molar-refractivity contribution in [3.8, 4) is 0 Å². The molecule has 1 aromatic carbocycles. The topological polar surface area (TPSA) is 15.3 Å². The molecule has 1 fully saturated rings. The predicted octanol–water partition coefficient (Wildman–Crippen LogP) is 3.56. The lowest BCUT2D eigenvalue weighted by Crippen LogP contribution is -2.51. The summed E-state index contributed by atoms with van der Waals surface area (Å²) in [5, 5.41) is 3.64. The molecule has 1 aliphatic rings. The van der Waals surface area contributed by atoms with E-state index in [1.807, 2.05) is 0 Å². The van der Waals surface area contributed by atoms with Crippen LogP contribution in [0.5, 0.6) is 0 Å². The quantitative estimate of drug-likeness (QED) is 0.894. The van der Waals surface area contributed by atoms with Crippen LogP contribution in [0.4, 0.5) is 5.69 Å². The normalized spacial score (nSPS) is 20.6. The van der Waals surface area contributed by atoms with E-state index in [0.717, 1.165) is 19.6 Å². The summed E-state index contributed by atoms with van der Waals surface area (Å²) >= 11 is 0. The third kappa shape index (κ3) is 3.50. The molecule has 2 heteroatoms. The van der Waals surface area contributed by atoms with Crippen LogP contribution in [0.15, 0.2) is 24.3 Å². The fourth-order valence-electron chi connectivity index (χ4n) is 2.97. The van der Waals surface area contributed by atoms with E-state index >= 15 is 0 Å². The number of nitrogens with one attached hydrogen (secondary N) is 1. The Bertz CT molecular complexity index is 404. The van der Waals surface area contributed by atoms with Crippen molar-refractivity contribution in [1.82, 2.24) is 5.32 Å². The lowest BCUT2D eigenvalue weighted by atomic mass is 9.85. The minimum Gasteiger partial charge on any atom is -0.368 e. The highest BCUT2D eigenvalue weighted by atomic mass is 15.2. The van der Waals surface area contributed by atoms with Gasteiger partial charge in [0.05, 0.1) is 0 Å². The van der Waals surface area contributed by atoms with Crippen molar-refractivity contribution in [2.45, 2.75) is 52.0 Å². The lowest BCUT2D eigenvalue weighted by molar-refractivity contribution is 0.429. The molecule has 19 heavy (non-hydrogen) atoms. The molecule has 0 radical (unpaired) electrons. The summed E-state index contributed by atoms with van der Waals surface area (Å²) in [6.07, 6.45) is 2.53. The first-order chi connectivity index (χ1) is 9.02. The highest BCUT2D eigenvalue weighted by molar-refractivity contribution is 5.56. The van der Waals surface area contributed by atoms with Crippen LogP contribution in [-0.4, -0.2) is 25.7 Å². The number of hydrogen-bond acceptors (Lipinski definition) is 2. The van der Waals surface area contributed by atoms with Crippen LogP contribution >= 0.6 is 0 Å². The van der Waals surface area contributed by atoms with Crippen molar-refractivity contribution < 1.29 is 0 Å². The molecular formula is C17H28N2. The first-order valence-corrected chi connectivity index (χ1v) is 7.60. The van der Waals surface area contributed by atoms with Crippen LogP contribution in [-0.2, 0) is 5.41 Å². The second-order valence-electron chi connectivity index (χ2n) is 6.65. The zero-order chi connectivity index (χ0) is 13.9. The molecule has 2 rings (SSSR count). The standard InChI is InChI=1S/C17H28N2/c1-5-8-14-13-19(12-11-18-14)16-10-7-6-9-15(16)17(2,3)4/h6-7,9-10,14,18H,5,8,11-13H2,1-4H3. The van der Waals surface area contributed by atoms with Crippen LogP contribution < -0.4 is 10.2 Å². The number of benzene rings is 1. The molecule has 106 valence electrons. The van der Waals surface area contributed by atoms with Gasteiger partial charge in [-0.2, -0.15) is 0 Å². The van der Waals surface area contributed by atoms with Crippen LogP contribution in [0.1, 0.15) is 46.1 Å². The van der Waals surface area contributed by atoms with Gasteiger partial charge in [0.15, 0.2) is 0 Å². The van der Waals surface area contributed by atoms with Gasteiger partial charge in [-0.3, -0.25) is 0 Å². The molecule has 1 saturated heterocycles. The van der Waals surface area contributed by atoms with Gasteiger partial charge in [0.25, 0.3) is 0 Å². The molecule has 0 amide bonds. The molecule has 1 heterocycles. The van der Waals surface area contributed by atoms with Crippen molar-refractivity contribution >= 4 is 5.69 Å². The summed E-state index contributed by atoms with van der Waals surface area (Å²) in [6, 6.07) is 9.55. The zero-order valence-electron chi connectivity index (χ0n) is 12.9. The van der Waals surface area contributed by atoms with E-state index in [9.17, 15) is 0 Å². The highest BCUT2D eigenvalue weighted by Gasteiger charge is 2.24. The monoisotopic (exact) mass is 260 g/mol. The number of nitrogens with zero attached hydrogens (tertiary/aromatic N) is 1. The summed E-state index contributed by atoms with van der Waals surface area (Å²) in [5.41, 5.74) is 3.10. The minimum absolute atomic E-state index is 0.210. The summed E-state index contributed by atoms with van der Waals surface area (Å²) in [5.74, 6) is 0. The molecule has 0 aromatic heterocycles. The van der Waals surface area contributed by atoms with Crippen molar-refractivity contribution in [3.05, 3.63) is 29.8 Å². The summed E-state index contributed by atoms with van der Waals surface area (Å²) in [6.45, 7) is 12.5. The molecule has 2 nitrogen and oxygen atoms in total. The molecule has 0 saturated carbocycles. The fraction of sp³-hybridized carbons (Fsp3) is 0.647. The zero-order valence-corrected chi connectivity index (χ0v) is 12.9. The van der Waals surface area contributed by atoms with Gasteiger partial charge in [0.2, 0.25) is 0 Å². The molecule has 1 unspecified atom stereocenters. The summed E-state index contributed by atoms with van der Waals surface area (Å²) in [7, 11) is 0. The van der Waals surface area contributed by atoms with Crippen LogP contribution in [0.3, 0.4) is 0 Å². The Morgan fingerprint density at radius 2 is 2.00 bits per heavy atom. The number of piperazine rings is 1. The maximum atomic E-state index is 3.64. The van der Waals surface area contributed by atoms with Gasteiger partial charge in [-0.25, -0.2) is 0 Å². The molecule has 1 aromatic rings. The van der Waals surface area contributed by atoms with Gasteiger partial charge in [-0.05, 0) is 23.5 Å². The van der Waals surface area contributed by atoms with E-state index in [-0.39, 0.29) is 5.41 Å². The van der Waals surface area contributed by atoms with E-state index in [4.69, 9.17) is 0 Å². The van der Waals surface area contributed by atoms with Crippen molar-refractivity contribution in [1.29, 1.82) is 0 Å². The fourth-order valence-corrected chi connectivity index (χ4v) is 2.97. The van der Waals surface area contributed by atoms with Crippen molar-refractivity contribution in [2.24, 2.45) is 0 Å². The lowest BCUT2D eigenvalue weighted by Gasteiger charge is -2.38. The molecule has 1 N–H and O–H groups in total. The Morgan fingerprint density at radius 3 is 2.68 bits per heavy atom. The predicted molar refractivity (Wildman–Crippen MR) is 84.1 cm³/mol. The molecule has 0 aliphatic carbocycles. The van der Waals surface area contributed by atoms with Crippen molar-refractivity contribution in [2.75, 3.05) is 24.5 Å². The highest BCUT2D eigenvalue weighted by Crippen LogP contribution is 2.32. The average Bonchev–Trinajstić information content (AvgIpc) is 2.38. The number of hydrogen-bond donors (Lipinski definition) is 1. The first-order valence-electron chi connectivity index (χ1n) is 7.60. The van der Waals surface area contributed by atoms with E-state index in [1.165, 1.54) is 24.1 Å². The van der Waals surface area contributed by atoms with Gasteiger partial charge in [0, 0.05) is 31.4 Å². The van der Waals surface area contributed by atoms with Gasteiger partial charge < -0.3 is 10.2 Å². The number of rotatable bonds is 3. The third-order valence-electron chi connectivity index (χ3n) is 3.95. The number of anilines is 1. The molecule has 1 atom stereocenters. The van der Waals surface area contributed by atoms with E-state index in [0.29, 0.717) is 6.04 Å². The maximum absolute atomic E-state index is 3.64. The molecule has 0 bridgehead atoms. The van der Waals surface area contributed by atoms with Crippen molar-refractivity contribution in [3.63, 3.8) is 0 Å². The maximum Gasteiger partial charge on any atom is 0.0405 e. The molecule has 0 spiro atoms. The average molecular weight is 260 g/mol. The van der Waals surface area contributed by atoms with Gasteiger partial charge in [0.1, 0.15) is 0 Å². The van der Waals surface area contributed by atoms with E-state index in [2.05, 4.69) is 62.2 Å². The Balaban J connectivity index is 2.21. The van der Waals surface area contributed by atoms with E-state index < -0.39 is 0 Å². The van der Waals surface area contributed by atoms with Crippen LogP contribution in [0, 0.1) is 0 Å². The SMILES string of the molecule is CCCC1CN(c2ccccc2C(C)(C)C)CCN1. The Labute approximate surface area is 118 Å². The molecule has 1 aliphatic heterocycles. The molecular weight excluding hydrogens is 232 g/mol. The first kappa shape index (κ1) is 14.4. The van der Waals surface area contributed by atoms with E-state index in [1.54, 1.807) is 0 Å². The smallest absolute Gasteiger partial charge is 0.0405 e. The minimum atomic E-state index is 0.210. The number of para-hydroxylation sites is 1. The van der Waals surface area contributed by atoms with Crippen LogP contribution in [0.2, 0.25) is 0 Å².